The van der Waals surface area contributed by atoms with E-state index in [1.165, 1.54) is 6.33 Å². The fraction of sp³-hybridized carbons (Fsp3) is 0.227. The summed E-state index contributed by atoms with van der Waals surface area (Å²) in [5.74, 6) is 1.37. The van der Waals surface area contributed by atoms with Gasteiger partial charge in [-0.05, 0) is 61.5 Å². The van der Waals surface area contributed by atoms with Gasteiger partial charge < -0.3 is 20.3 Å². The van der Waals surface area contributed by atoms with E-state index in [2.05, 4.69) is 25.3 Å². The van der Waals surface area contributed by atoms with Crippen LogP contribution in [0.3, 0.4) is 0 Å². The number of nitrogens with one attached hydrogen (secondary N) is 3. The van der Waals surface area contributed by atoms with Crippen LogP contribution >= 0.6 is 11.9 Å². The Balaban J connectivity index is 1.40. The summed E-state index contributed by atoms with van der Waals surface area (Å²) in [7, 11) is 1.89. The Bertz CT molecular complexity index is 1020. The number of ether oxygens (including phenoxy) is 1. The van der Waals surface area contributed by atoms with Crippen LogP contribution in [0.15, 0.2) is 65.8 Å². The quantitative estimate of drug-likeness (QED) is 0.484. The van der Waals surface area contributed by atoms with Gasteiger partial charge in [-0.3, -0.25) is 9.52 Å². The highest BCUT2D eigenvalue weighted by Gasteiger charge is 2.18. The molecule has 0 unspecified atom stereocenters. The van der Waals surface area contributed by atoms with Gasteiger partial charge >= 0.3 is 0 Å². The smallest absolute Gasteiger partial charge is 0.254 e. The predicted octanol–water partition coefficient (Wildman–Crippen LogP) is 3.66. The van der Waals surface area contributed by atoms with Gasteiger partial charge in [-0.15, -0.1) is 0 Å². The molecule has 0 saturated carbocycles. The lowest BCUT2D eigenvalue weighted by molar-refractivity contribution is 0.0303. The minimum absolute atomic E-state index is 0.0297. The number of morpholine rings is 1. The van der Waals surface area contributed by atoms with Crippen molar-refractivity contribution >= 4 is 40.9 Å². The van der Waals surface area contributed by atoms with Crippen molar-refractivity contribution in [3.63, 3.8) is 0 Å². The number of anilines is 4. The molecule has 3 aromatic rings. The second-order valence-electron chi connectivity index (χ2n) is 6.85. The van der Waals surface area contributed by atoms with E-state index in [0.29, 0.717) is 43.5 Å². The maximum absolute atomic E-state index is 12.6. The monoisotopic (exact) mass is 436 g/mol. The first-order chi connectivity index (χ1) is 15.2. The third-order valence-corrected chi connectivity index (χ3v) is 5.39. The van der Waals surface area contributed by atoms with Crippen molar-refractivity contribution in [2.45, 2.75) is 4.90 Å². The van der Waals surface area contributed by atoms with Crippen molar-refractivity contribution in [2.24, 2.45) is 0 Å². The summed E-state index contributed by atoms with van der Waals surface area (Å²) >= 11 is 1.55. The highest BCUT2D eigenvalue weighted by Crippen LogP contribution is 2.23. The summed E-state index contributed by atoms with van der Waals surface area (Å²) in [4.78, 5) is 24.1. The molecule has 0 atom stereocenters. The zero-order valence-corrected chi connectivity index (χ0v) is 18.0. The number of aromatic nitrogens is 2. The fourth-order valence-corrected chi connectivity index (χ4v) is 3.76. The first-order valence-electron chi connectivity index (χ1n) is 9.98. The van der Waals surface area contributed by atoms with Crippen LogP contribution < -0.4 is 15.4 Å². The van der Waals surface area contributed by atoms with Gasteiger partial charge in [0.05, 0.1) is 13.2 Å². The van der Waals surface area contributed by atoms with Crippen molar-refractivity contribution < 1.29 is 9.53 Å². The average Bonchev–Trinajstić information content (AvgIpc) is 2.80. The van der Waals surface area contributed by atoms with Crippen LogP contribution in [0.25, 0.3) is 0 Å². The molecule has 9 heteroatoms. The van der Waals surface area contributed by atoms with Crippen molar-refractivity contribution in [1.82, 2.24) is 19.6 Å². The zero-order valence-electron chi connectivity index (χ0n) is 17.2. The number of carbonyl (C=O) groups is 1. The second-order valence-corrected chi connectivity index (χ2v) is 7.94. The van der Waals surface area contributed by atoms with Crippen LogP contribution in [0.1, 0.15) is 10.4 Å². The molecule has 1 fully saturated rings. The van der Waals surface area contributed by atoms with Gasteiger partial charge in [0.1, 0.15) is 18.0 Å². The third-order valence-electron chi connectivity index (χ3n) is 4.70. The molecule has 0 bridgehead atoms. The Morgan fingerprint density at radius 1 is 0.968 bits per heavy atom. The number of carbonyl (C=O) groups excluding carboxylic acids is 1. The topological polar surface area (TPSA) is 91.4 Å². The highest BCUT2D eigenvalue weighted by molar-refractivity contribution is 7.97. The zero-order chi connectivity index (χ0) is 21.5. The van der Waals surface area contributed by atoms with E-state index in [1.807, 2.05) is 66.5 Å². The number of amides is 1. The number of hydrogen-bond acceptors (Lipinski definition) is 8. The molecular formula is C22H24N6O2S. The Labute approximate surface area is 185 Å². The summed E-state index contributed by atoms with van der Waals surface area (Å²) in [6, 6.07) is 17.3. The molecular weight excluding hydrogens is 412 g/mol. The molecule has 0 spiro atoms. The van der Waals surface area contributed by atoms with E-state index in [4.69, 9.17) is 4.74 Å². The van der Waals surface area contributed by atoms with E-state index < -0.39 is 0 Å². The van der Waals surface area contributed by atoms with Crippen LogP contribution in [0.4, 0.5) is 23.0 Å². The summed E-state index contributed by atoms with van der Waals surface area (Å²) in [5, 5.41) is 6.55. The van der Waals surface area contributed by atoms with E-state index in [9.17, 15) is 4.79 Å². The average molecular weight is 437 g/mol. The lowest BCUT2D eigenvalue weighted by Crippen LogP contribution is -2.40. The van der Waals surface area contributed by atoms with Gasteiger partial charge in [0.15, 0.2) is 0 Å². The molecule has 1 saturated heterocycles. The normalized spacial score (nSPS) is 13.6. The van der Waals surface area contributed by atoms with Crippen molar-refractivity contribution in [2.75, 3.05) is 44.0 Å². The van der Waals surface area contributed by atoms with Gasteiger partial charge in [-0.2, -0.15) is 0 Å². The standard InChI is InChI=1S/C22H24N6O2S/c1-23-31-19-4-2-3-18(13-19)27-21-14-20(24-15-25-21)26-17-7-5-16(6-8-17)22(29)28-9-11-30-12-10-28/h2-8,13-15,23H,9-12H2,1H3,(H2,24,25,26,27). The molecule has 160 valence electrons. The van der Waals surface area contributed by atoms with Crippen LogP contribution in [0.5, 0.6) is 0 Å². The van der Waals surface area contributed by atoms with Crippen molar-refractivity contribution in [3.05, 3.63) is 66.5 Å². The predicted molar refractivity (Wildman–Crippen MR) is 123 cm³/mol. The molecule has 4 rings (SSSR count). The van der Waals surface area contributed by atoms with Gasteiger partial charge in [0.25, 0.3) is 5.91 Å². The number of rotatable bonds is 7. The van der Waals surface area contributed by atoms with E-state index >= 15 is 0 Å². The van der Waals surface area contributed by atoms with E-state index in [-0.39, 0.29) is 5.91 Å². The van der Waals surface area contributed by atoms with Crippen LogP contribution in [0, 0.1) is 0 Å². The molecule has 1 aromatic heterocycles. The molecule has 3 N–H and O–H groups in total. The van der Waals surface area contributed by atoms with Crippen LogP contribution in [-0.2, 0) is 4.74 Å². The van der Waals surface area contributed by atoms with E-state index in [1.54, 1.807) is 11.9 Å². The molecule has 2 aromatic carbocycles. The Hall–Kier alpha value is -3.14. The molecule has 2 heterocycles. The SMILES string of the molecule is CNSc1cccc(Nc2cc(Nc3ccc(C(=O)N4CCOCC4)cc3)ncn2)c1. The van der Waals surface area contributed by atoms with Crippen molar-refractivity contribution in [1.29, 1.82) is 0 Å². The number of nitrogens with zero attached hydrogens (tertiary/aromatic N) is 3. The summed E-state index contributed by atoms with van der Waals surface area (Å²) < 4.78 is 8.37. The lowest BCUT2D eigenvalue weighted by atomic mass is 10.1. The maximum Gasteiger partial charge on any atom is 0.254 e. The van der Waals surface area contributed by atoms with Gasteiger partial charge in [0.2, 0.25) is 0 Å². The number of benzene rings is 2. The van der Waals surface area contributed by atoms with Gasteiger partial charge in [-0.25, -0.2) is 9.97 Å². The van der Waals surface area contributed by atoms with Gasteiger partial charge in [-0.1, -0.05) is 6.07 Å². The van der Waals surface area contributed by atoms with Crippen LogP contribution in [-0.4, -0.2) is 54.1 Å². The lowest BCUT2D eigenvalue weighted by Gasteiger charge is -2.26. The molecule has 31 heavy (non-hydrogen) atoms. The molecule has 0 radical (unpaired) electrons. The van der Waals surface area contributed by atoms with E-state index in [0.717, 1.165) is 16.3 Å². The first kappa shape index (κ1) is 21.1. The second kappa shape index (κ2) is 10.3. The fourth-order valence-electron chi connectivity index (χ4n) is 3.19. The summed E-state index contributed by atoms with van der Waals surface area (Å²) in [5.41, 5.74) is 2.45. The van der Waals surface area contributed by atoms with Crippen molar-refractivity contribution in [3.8, 4) is 0 Å². The molecule has 0 aliphatic carbocycles. The Morgan fingerprint density at radius 2 is 1.68 bits per heavy atom. The van der Waals surface area contributed by atoms with Gasteiger partial charge in [0, 0.05) is 41.0 Å². The third kappa shape index (κ3) is 5.72. The Kier molecular flexibility index (Phi) is 6.98. The molecule has 1 amide bonds. The molecule has 1 aliphatic heterocycles. The minimum atomic E-state index is 0.0297. The number of hydrogen-bond donors (Lipinski definition) is 3. The molecule has 1 aliphatic rings. The maximum atomic E-state index is 12.6. The van der Waals surface area contributed by atoms with Crippen LogP contribution in [0.2, 0.25) is 0 Å². The summed E-state index contributed by atoms with van der Waals surface area (Å²) in [6.07, 6.45) is 1.51. The first-order valence-corrected chi connectivity index (χ1v) is 10.8. The Morgan fingerprint density at radius 3 is 2.39 bits per heavy atom. The largest absolute Gasteiger partial charge is 0.378 e. The summed E-state index contributed by atoms with van der Waals surface area (Å²) in [6.45, 7) is 2.44. The molecule has 8 nitrogen and oxygen atoms in total. The highest BCUT2D eigenvalue weighted by atomic mass is 32.2. The minimum Gasteiger partial charge on any atom is -0.378 e.